The summed E-state index contributed by atoms with van der Waals surface area (Å²) in [5.41, 5.74) is 3.24. The van der Waals surface area contributed by atoms with Gasteiger partial charge in [0.2, 0.25) is 0 Å². The highest BCUT2D eigenvalue weighted by atomic mass is 16.5. The molecule has 2 amide bonds. The number of hydrogen-bond donors (Lipinski definition) is 4. The number of aromatic nitrogens is 2. The van der Waals surface area contributed by atoms with Crippen LogP contribution >= 0.6 is 0 Å². The quantitative estimate of drug-likeness (QED) is 0.422. The number of carbonyl (C=O) groups excluding carboxylic acids is 2. The van der Waals surface area contributed by atoms with Crippen LogP contribution < -0.4 is 15.4 Å². The monoisotopic (exact) mass is 448 g/mol. The Morgan fingerprint density at radius 2 is 1.97 bits per heavy atom. The first-order valence-electron chi connectivity index (χ1n) is 11.1. The lowest BCUT2D eigenvalue weighted by atomic mass is 10.0. The fraction of sp³-hybridized carbons (Fsp3) is 0.320. The molecule has 1 aliphatic carbocycles. The number of nitrogens with zero attached hydrogens (tertiary/aromatic N) is 1. The molecule has 4 rings (SSSR count). The minimum Gasteiger partial charge on any atom is -0.496 e. The van der Waals surface area contributed by atoms with Crippen molar-refractivity contribution in [2.45, 2.75) is 37.8 Å². The second-order valence-corrected chi connectivity index (χ2v) is 8.19. The van der Waals surface area contributed by atoms with E-state index in [2.05, 4.69) is 20.8 Å². The lowest BCUT2D eigenvalue weighted by molar-refractivity contribution is 0.0912. The third kappa shape index (κ3) is 5.23. The second kappa shape index (κ2) is 10.3. The average molecular weight is 449 g/mol. The van der Waals surface area contributed by atoms with Gasteiger partial charge in [-0.1, -0.05) is 31.0 Å². The fourth-order valence-corrected chi connectivity index (χ4v) is 4.17. The van der Waals surface area contributed by atoms with Crippen LogP contribution in [0.4, 0.5) is 0 Å². The molecule has 8 nitrogen and oxygen atoms in total. The van der Waals surface area contributed by atoms with Crippen molar-refractivity contribution < 1.29 is 19.4 Å². The maximum absolute atomic E-state index is 13.0. The number of aliphatic hydroxyl groups excluding tert-OH is 1. The largest absolute Gasteiger partial charge is 0.496 e. The van der Waals surface area contributed by atoms with E-state index in [4.69, 9.17) is 4.74 Å². The molecule has 0 bridgehead atoms. The minimum absolute atomic E-state index is 0.136. The van der Waals surface area contributed by atoms with Crippen LogP contribution in [0.1, 0.15) is 58.0 Å². The number of H-pyrrole nitrogens is 1. The molecule has 1 heterocycles. The third-order valence-corrected chi connectivity index (χ3v) is 6.01. The first-order valence-corrected chi connectivity index (χ1v) is 11.1. The smallest absolute Gasteiger partial charge is 0.255 e. The molecule has 33 heavy (non-hydrogen) atoms. The van der Waals surface area contributed by atoms with Crippen molar-refractivity contribution in [3.8, 4) is 16.9 Å². The Bertz CT molecular complexity index is 1110. The predicted molar refractivity (Wildman–Crippen MR) is 124 cm³/mol. The molecule has 0 aliphatic heterocycles. The zero-order chi connectivity index (χ0) is 23.2. The molecule has 3 aromatic rings. The van der Waals surface area contributed by atoms with Gasteiger partial charge in [-0.2, -0.15) is 5.10 Å². The molecule has 0 unspecified atom stereocenters. The molecule has 1 fully saturated rings. The van der Waals surface area contributed by atoms with Crippen LogP contribution in [-0.4, -0.2) is 46.9 Å². The number of methoxy groups -OCH3 is 1. The summed E-state index contributed by atoms with van der Waals surface area (Å²) in [6.45, 7) is -0.311. The van der Waals surface area contributed by atoms with E-state index >= 15 is 0 Å². The molecule has 172 valence electrons. The van der Waals surface area contributed by atoms with Crippen LogP contribution in [0.5, 0.6) is 5.75 Å². The van der Waals surface area contributed by atoms with Gasteiger partial charge in [0.25, 0.3) is 11.8 Å². The summed E-state index contributed by atoms with van der Waals surface area (Å²) in [6.07, 6.45) is 7.72. The number of rotatable bonds is 8. The van der Waals surface area contributed by atoms with Crippen LogP contribution in [0.25, 0.3) is 11.1 Å². The Morgan fingerprint density at radius 1 is 1.15 bits per heavy atom. The van der Waals surface area contributed by atoms with Gasteiger partial charge >= 0.3 is 0 Å². The molecule has 1 atom stereocenters. The summed E-state index contributed by atoms with van der Waals surface area (Å²) in [6, 6.07) is 11.8. The van der Waals surface area contributed by atoms with Crippen LogP contribution in [-0.2, 0) is 0 Å². The van der Waals surface area contributed by atoms with E-state index in [0.717, 1.165) is 36.8 Å². The van der Waals surface area contributed by atoms with Crippen molar-refractivity contribution in [1.82, 2.24) is 20.8 Å². The Hall–Kier alpha value is -3.65. The number of aliphatic hydroxyl groups is 1. The van der Waals surface area contributed by atoms with E-state index in [1.807, 2.05) is 6.07 Å². The summed E-state index contributed by atoms with van der Waals surface area (Å²) in [4.78, 5) is 25.6. The predicted octanol–water partition coefficient (Wildman–Crippen LogP) is 3.22. The van der Waals surface area contributed by atoms with Gasteiger partial charge in [-0.05, 0) is 48.2 Å². The first kappa shape index (κ1) is 22.5. The van der Waals surface area contributed by atoms with E-state index in [9.17, 15) is 14.7 Å². The fourth-order valence-electron chi connectivity index (χ4n) is 4.17. The number of benzene rings is 2. The lowest BCUT2D eigenvalue weighted by Gasteiger charge is -2.19. The topological polar surface area (TPSA) is 116 Å². The van der Waals surface area contributed by atoms with E-state index < -0.39 is 6.04 Å². The molecule has 1 saturated carbocycles. The first-order chi connectivity index (χ1) is 16.1. The van der Waals surface area contributed by atoms with E-state index in [1.165, 1.54) is 7.11 Å². The Morgan fingerprint density at radius 3 is 2.67 bits per heavy atom. The van der Waals surface area contributed by atoms with Crippen LogP contribution in [0.2, 0.25) is 0 Å². The molecule has 1 aliphatic rings. The van der Waals surface area contributed by atoms with Gasteiger partial charge < -0.3 is 20.5 Å². The molecule has 0 spiro atoms. The molecule has 0 radical (unpaired) electrons. The summed E-state index contributed by atoms with van der Waals surface area (Å²) in [5, 5.41) is 22.6. The normalized spacial score (nSPS) is 14.6. The maximum Gasteiger partial charge on any atom is 0.255 e. The van der Waals surface area contributed by atoms with Crippen molar-refractivity contribution in [3.63, 3.8) is 0 Å². The second-order valence-electron chi connectivity index (χ2n) is 8.19. The zero-order valence-electron chi connectivity index (χ0n) is 18.5. The minimum atomic E-state index is -0.671. The third-order valence-electron chi connectivity index (χ3n) is 6.01. The summed E-state index contributed by atoms with van der Waals surface area (Å²) >= 11 is 0. The van der Waals surface area contributed by atoms with Gasteiger partial charge in [-0.3, -0.25) is 14.7 Å². The number of ether oxygens (including phenoxy) is 1. The van der Waals surface area contributed by atoms with E-state index in [0.29, 0.717) is 22.4 Å². The molecule has 1 aromatic heterocycles. The summed E-state index contributed by atoms with van der Waals surface area (Å²) < 4.78 is 5.43. The molecule has 4 N–H and O–H groups in total. The van der Waals surface area contributed by atoms with Crippen LogP contribution in [0, 0.1) is 0 Å². The maximum atomic E-state index is 13.0. The Labute approximate surface area is 192 Å². The molecular weight excluding hydrogens is 420 g/mol. The van der Waals surface area contributed by atoms with Gasteiger partial charge in [0.1, 0.15) is 5.75 Å². The van der Waals surface area contributed by atoms with Crippen molar-refractivity contribution in [1.29, 1.82) is 0 Å². The number of aromatic amines is 1. The highest BCUT2D eigenvalue weighted by Gasteiger charge is 2.21. The summed E-state index contributed by atoms with van der Waals surface area (Å²) in [5.74, 6) is -0.110. The standard InChI is InChI=1S/C25H28N4O4/c1-33-23-12-16(19-13-26-27-14-19)9-10-21(23)25(32)29-22(15-30)17-5-4-6-18(11-17)24(31)28-20-7-2-3-8-20/h4-6,9-14,20,22,30H,2-3,7-8,15H2,1H3,(H,26,27)(H,28,31)(H,29,32)/t22-/m1/s1. The zero-order valence-corrected chi connectivity index (χ0v) is 18.5. The molecule has 2 aromatic carbocycles. The van der Waals surface area contributed by atoms with Gasteiger partial charge in [-0.15, -0.1) is 0 Å². The van der Waals surface area contributed by atoms with Crippen LogP contribution in [0.15, 0.2) is 54.9 Å². The van der Waals surface area contributed by atoms with Crippen molar-refractivity contribution >= 4 is 11.8 Å². The van der Waals surface area contributed by atoms with Crippen LogP contribution in [0.3, 0.4) is 0 Å². The van der Waals surface area contributed by atoms with Crippen molar-refractivity contribution in [2.24, 2.45) is 0 Å². The van der Waals surface area contributed by atoms with E-state index in [1.54, 1.807) is 48.8 Å². The highest BCUT2D eigenvalue weighted by Crippen LogP contribution is 2.27. The SMILES string of the molecule is COc1cc(-c2cn[nH]c2)ccc1C(=O)N[C@H](CO)c1cccc(C(=O)NC2CCCC2)c1. The number of hydrogen-bond acceptors (Lipinski definition) is 5. The average Bonchev–Trinajstić information content (AvgIpc) is 3.56. The molecular formula is C25H28N4O4. The van der Waals surface area contributed by atoms with Gasteiger partial charge in [0.15, 0.2) is 0 Å². The molecule has 8 heteroatoms. The Kier molecular flexibility index (Phi) is 7.04. The summed E-state index contributed by atoms with van der Waals surface area (Å²) in [7, 11) is 1.50. The van der Waals surface area contributed by atoms with Crippen molar-refractivity contribution in [2.75, 3.05) is 13.7 Å². The van der Waals surface area contributed by atoms with Gasteiger partial charge in [-0.25, -0.2) is 0 Å². The van der Waals surface area contributed by atoms with Gasteiger partial charge in [0, 0.05) is 23.4 Å². The van der Waals surface area contributed by atoms with Crippen molar-refractivity contribution in [3.05, 3.63) is 71.5 Å². The number of carbonyl (C=O) groups is 2. The van der Waals surface area contributed by atoms with E-state index in [-0.39, 0.29) is 24.5 Å². The molecule has 0 saturated heterocycles. The Balaban J connectivity index is 1.49. The highest BCUT2D eigenvalue weighted by molar-refractivity contribution is 5.98. The number of nitrogens with one attached hydrogen (secondary N) is 3. The number of amides is 2. The lowest BCUT2D eigenvalue weighted by Crippen LogP contribution is -2.33. The van der Waals surface area contributed by atoms with Gasteiger partial charge in [0.05, 0.1) is 31.5 Å².